The van der Waals surface area contributed by atoms with Crippen LogP contribution in [0.2, 0.25) is 0 Å². The van der Waals surface area contributed by atoms with Gasteiger partial charge in [0, 0.05) is 12.1 Å². The molecule has 1 atom stereocenters. The molecule has 1 aromatic carbocycles. The number of nitrogens with zero attached hydrogens (tertiary/aromatic N) is 2. The molecule has 21 heavy (non-hydrogen) atoms. The van der Waals surface area contributed by atoms with E-state index in [1.54, 1.807) is 6.07 Å². The molecule has 2 N–H and O–H groups in total. The number of anilines is 1. The third kappa shape index (κ3) is 2.87. The van der Waals surface area contributed by atoms with Crippen molar-refractivity contribution in [1.29, 1.82) is 5.26 Å². The number of hydrogen-bond donors (Lipinski definition) is 1. The molecule has 0 aliphatic carbocycles. The maximum absolute atomic E-state index is 9.27. The van der Waals surface area contributed by atoms with E-state index < -0.39 is 0 Å². The van der Waals surface area contributed by atoms with Gasteiger partial charge in [-0.05, 0) is 50.5 Å². The largest absolute Gasteiger partial charge is 0.439 e. The number of aryl methyl sites for hydroxylation is 2. The summed E-state index contributed by atoms with van der Waals surface area (Å²) in [5.41, 5.74) is 9.42. The van der Waals surface area contributed by atoms with E-state index in [0.717, 1.165) is 17.7 Å². The molecule has 0 unspecified atom stereocenters. The van der Waals surface area contributed by atoms with E-state index >= 15 is 0 Å². The summed E-state index contributed by atoms with van der Waals surface area (Å²) in [6, 6.07) is 9.92. The van der Waals surface area contributed by atoms with Crippen molar-refractivity contribution >= 4 is 5.69 Å². The molecule has 2 rings (SSSR count). The van der Waals surface area contributed by atoms with Crippen LogP contribution in [0, 0.1) is 25.2 Å². The lowest BCUT2D eigenvalue weighted by Gasteiger charge is -2.18. The van der Waals surface area contributed by atoms with Crippen molar-refractivity contribution in [1.82, 2.24) is 4.57 Å². The van der Waals surface area contributed by atoms with Crippen LogP contribution in [0.4, 0.5) is 5.69 Å². The Morgan fingerprint density at radius 3 is 2.57 bits per heavy atom. The number of hydrogen-bond acceptors (Lipinski definition) is 3. The van der Waals surface area contributed by atoms with Gasteiger partial charge in [-0.2, -0.15) is 5.26 Å². The summed E-state index contributed by atoms with van der Waals surface area (Å²) in [7, 11) is 0. The van der Waals surface area contributed by atoms with Crippen LogP contribution in [0.1, 0.15) is 43.1 Å². The number of ether oxygens (including phenoxy) is 1. The van der Waals surface area contributed by atoms with E-state index in [1.165, 1.54) is 5.56 Å². The van der Waals surface area contributed by atoms with Gasteiger partial charge in [-0.15, -0.1) is 0 Å². The zero-order chi connectivity index (χ0) is 15.6. The number of rotatable bonds is 4. The molecular weight excluding hydrogens is 262 g/mol. The summed E-state index contributed by atoms with van der Waals surface area (Å²) in [6.45, 7) is 8.22. The topological polar surface area (TPSA) is 64.0 Å². The Hall–Kier alpha value is -2.41. The zero-order valence-electron chi connectivity index (χ0n) is 13.0. The lowest BCUT2D eigenvalue weighted by atomic mass is 10.1. The third-order valence-electron chi connectivity index (χ3n) is 3.86. The fraction of sp³-hybridized carbons (Fsp3) is 0.353. The van der Waals surface area contributed by atoms with Gasteiger partial charge in [0.05, 0.1) is 5.69 Å². The van der Waals surface area contributed by atoms with Crippen LogP contribution in [0.3, 0.4) is 0 Å². The highest BCUT2D eigenvalue weighted by Crippen LogP contribution is 2.35. The minimum absolute atomic E-state index is 0.151. The second kappa shape index (κ2) is 5.92. The first-order valence-corrected chi connectivity index (χ1v) is 7.13. The maximum atomic E-state index is 9.27. The average Bonchev–Trinajstić information content (AvgIpc) is 2.78. The van der Waals surface area contributed by atoms with Crippen molar-refractivity contribution in [2.75, 3.05) is 5.73 Å². The van der Waals surface area contributed by atoms with Gasteiger partial charge in [0.15, 0.2) is 0 Å². The number of nitrogens with two attached hydrogens (primary N) is 1. The summed E-state index contributed by atoms with van der Waals surface area (Å²) in [5, 5.41) is 9.27. The third-order valence-corrected chi connectivity index (χ3v) is 3.86. The number of benzene rings is 1. The molecule has 0 saturated heterocycles. The second-order valence-corrected chi connectivity index (χ2v) is 5.38. The van der Waals surface area contributed by atoms with E-state index in [-0.39, 0.29) is 6.04 Å². The Balaban J connectivity index is 2.46. The Kier molecular flexibility index (Phi) is 4.23. The molecule has 1 heterocycles. The molecular formula is C17H21N3O. The summed E-state index contributed by atoms with van der Waals surface area (Å²) < 4.78 is 7.83. The van der Waals surface area contributed by atoms with Crippen LogP contribution in [-0.2, 0) is 0 Å². The summed E-state index contributed by atoms with van der Waals surface area (Å²) in [5.74, 6) is 1.28. The highest BCUT2D eigenvalue weighted by Gasteiger charge is 2.19. The van der Waals surface area contributed by atoms with Crippen LogP contribution >= 0.6 is 0 Å². The standard InChI is InChI=1S/C17H21N3O/c1-5-13(4)20-14(10-18)9-16(19)17(20)21-15-7-6-11(2)12(3)8-15/h6-9,13H,5,19H2,1-4H3/t13-/m0/s1. The van der Waals surface area contributed by atoms with Crippen LogP contribution in [0.25, 0.3) is 0 Å². The number of nitriles is 1. The molecule has 110 valence electrons. The van der Waals surface area contributed by atoms with Gasteiger partial charge in [-0.25, -0.2) is 0 Å². The van der Waals surface area contributed by atoms with Crippen molar-refractivity contribution < 1.29 is 4.74 Å². The molecule has 0 radical (unpaired) electrons. The fourth-order valence-corrected chi connectivity index (χ4v) is 2.23. The Morgan fingerprint density at radius 1 is 1.29 bits per heavy atom. The minimum atomic E-state index is 0.151. The summed E-state index contributed by atoms with van der Waals surface area (Å²) in [6.07, 6.45) is 0.895. The van der Waals surface area contributed by atoms with Gasteiger partial charge in [0.25, 0.3) is 0 Å². The monoisotopic (exact) mass is 283 g/mol. The van der Waals surface area contributed by atoms with Gasteiger partial charge in [-0.3, -0.25) is 4.57 Å². The van der Waals surface area contributed by atoms with E-state index in [0.29, 0.717) is 17.3 Å². The first-order chi connectivity index (χ1) is 9.97. The van der Waals surface area contributed by atoms with Crippen molar-refractivity contribution in [3.63, 3.8) is 0 Å². The van der Waals surface area contributed by atoms with Gasteiger partial charge in [-0.1, -0.05) is 13.0 Å². The molecule has 4 nitrogen and oxygen atoms in total. The van der Waals surface area contributed by atoms with Crippen LogP contribution in [0.15, 0.2) is 24.3 Å². The SMILES string of the molecule is CC[C@H](C)n1c(C#N)cc(N)c1Oc1ccc(C)c(C)c1. The Labute approximate surface area is 125 Å². The predicted octanol–water partition coefficient (Wildman–Crippen LogP) is 4.32. The van der Waals surface area contributed by atoms with Crippen molar-refractivity contribution in [3.8, 4) is 17.7 Å². The molecule has 0 spiro atoms. The van der Waals surface area contributed by atoms with Crippen molar-refractivity contribution in [2.45, 2.75) is 40.2 Å². The molecule has 0 bridgehead atoms. The van der Waals surface area contributed by atoms with Gasteiger partial charge in [0.2, 0.25) is 5.88 Å². The normalized spacial score (nSPS) is 12.0. The zero-order valence-corrected chi connectivity index (χ0v) is 13.0. The van der Waals surface area contributed by atoms with Crippen LogP contribution in [0.5, 0.6) is 11.6 Å². The summed E-state index contributed by atoms with van der Waals surface area (Å²) in [4.78, 5) is 0. The maximum Gasteiger partial charge on any atom is 0.224 e. The Morgan fingerprint density at radius 2 is 2.00 bits per heavy atom. The molecule has 0 fully saturated rings. The average molecular weight is 283 g/mol. The van der Waals surface area contributed by atoms with Crippen LogP contribution in [-0.4, -0.2) is 4.57 Å². The van der Waals surface area contributed by atoms with Crippen molar-refractivity contribution in [2.24, 2.45) is 0 Å². The van der Waals surface area contributed by atoms with Gasteiger partial charge >= 0.3 is 0 Å². The Bertz CT molecular complexity index is 695. The molecule has 0 aliphatic heterocycles. The number of aromatic nitrogens is 1. The lowest BCUT2D eigenvalue weighted by Crippen LogP contribution is -2.08. The fourth-order valence-electron chi connectivity index (χ4n) is 2.23. The number of nitrogen functional groups attached to an aromatic ring is 1. The highest BCUT2D eigenvalue weighted by atomic mass is 16.5. The first-order valence-electron chi connectivity index (χ1n) is 7.13. The molecule has 0 saturated carbocycles. The highest BCUT2D eigenvalue weighted by molar-refractivity contribution is 5.57. The molecule has 0 aliphatic rings. The van der Waals surface area contributed by atoms with Crippen molar-refractivity contribution in [3.05, 3.63) is 41.1 Å². The first kappa shape index (κ1) is 15.0. The lowest BCUT2D eigenvalue weighted by molar-refractivity contribution is 0.397. The van der Waals surface area contributed by atoms with E-state index in [2.05, 4.69) is 19.9 Å². The molecule has 4 heteroatoms. The molecule has 0 amide bonds. The molecule has 1 aromatic heterocycles. The summed E-state index contributed by atoms with van der Waals surface area (Å²) >= 11 is 0. The molecule has 2 aromatic rings. The van der Waals surface area contributed by atoms with E-state index in [4.69, 9.17) is 10.5 Å². The minimum Gasteiger partial charge on any atom is -0.439 e. The smallest absolute Gasteiger partial charge is 0.224 e. The quantitative estimate of drug-likeness (QED) is 0.908. The second-order valence-electron chi connectivity index (χ2n) is 5.38. The van der Waals surface area contributed by atoms with E-state index in [1.807, 2.05) is 36.6 Å². The van der Waals surface area contributed by atoms with E-state index in [9.17, 15) is 5.26 Å². The van der Waals surface area contributed by atoms with Gasteiger partial charge < -0.3 is 10.5 Å². The predicted molar refractivity (Wildman–Crippen MR) is 84.6 cm³/mol. The van der Waals surface area contributed by atoms with Gasteiger partial charge in [0.1, 0.15) is 17.5 Å². The van der Waals surface area contributed by atoms with Crippen LogP contribution < -0.4 is 10.5 Å².